The Kier molecular flexibility index (Phi) is 6.86. The van der Waals surface area contributed by atoms with E-state index in [0.717, 1.165) is 18.8 Å². The Labute approximate surface area is 89.8 Å². The summed E-state index contributed by atoms with van der Waals surface area (Å²) in [5.41, 5.74) is 0.436. The van der Waals surface area contributed by atoms with Crippen LogP contribution in [0.25, 0.3) is 0 Å². The fourth-order valence-electron chi connectivity index (χ4n) is 1.72. The first-order chi connectivity index (χ1) is 6.52. The minimum Gasteiger partial charge on any atom is -0.313 e. The maximum Gasteiger partial charge on any atom is -0.00475 e. The molecule has 0 aliphatic carbocycles. The molecule has 0 fully saturated rings. The lowest BCUT2D eigenvalue weighted by atomic mass is 9.82. The monoisotopic (exact) mass is 197 g/mol. The average molecular weight is 197 g/mol. The van der Waals surface area contributed by atoms with Crippen LogP contribution in [0.2, 0.25) is 0 Å². The molecular weight excluding hydrogens is 170 g/mol. The van der Waals surface area contributed by atoms with Gasteiger partial charge in [0.05, 0.1) is 0 Å². The van der Waals surface area contributed by atoms with Crippen LogP contribution < -0.4 is 0 Å². The topological polar surface area (TPSA) is 23.9 Å². The lowest BCUT2D eigenvalue weighted by Gasteiger charge is -2.24. The summed E-state index contributed by atoms with van der Waals surface area (Å²) in [4.78, 5) is 0. The van der Waals surface area contributed by atoms with Crippen LogP contribution in [0.3, 0.4) is 0 Å². The Balaban J connectivity index is 3.59. The highest BCUT2D eigenvalue weighted by molar-refractivity contribution is 5.52. The van der Waals surface area contributed by atoms with Crippen molar-refractivity contribution in [3.05, 3.63) is 0 Å². The van der Waals surface area contributed by atoms with Gasteiger partial charge in [-0.05, 0) is 36.8 Å². The van der Waals surface area contributed by atoms with Crippen LogP contribution in [0.1, 0.15) is 66.2 Å². The predicted molar refractivity (Wildman–Crippen MR) is 65.1 cm³/mol. The molecule has 1 nitrogen and oxygen atoms in total. The normalized spacial score (nSPS) is 14.0. The Morgan fingerprint density at radius 2 is 1.93 bits per heavy atom. The van der Waals surface area contributed by atoms with Crippen molar-refractivity contribution in [2.75, 3.05) is 0 Å². The summed E-state index contributed by atoms with van der Waals surface area (Å²) in [5, 5.41) is 7.03. The molecule has 1 unspecified atom stereocenters. The summed E-state index contributed by atoms with van der Waals surface area (Å²) >= 11 is 0. The summed E-state index contributed by atoms with van der Waals surface area (Å²) in [6.45, 7) is 9.26. The maximum absolute atomic E-state index is 7.03. The van der Waals surface area contributed by atoms with E-state index in [0.29, 0.717) is 5.41 Å². The fourth-order valence-corrected chi connectivity index (χ4v) is 1.72. The zero-order valence-electron chi connectivity index (χ0n) is 10.4. The van der Waals surface area contributed by atoms with Gasteiger partial charge in [0, 0.05) is 0 Å². The SMILES string of the molecule is CCC(C)CCCC(C)(C)CCC=N. The molecule has 1 N–H and O–H groups in total. The highest BCUT2D eigenvalue weighted by Crippen LogP contribution is 2.29. The number of rotatable bonds is 8. The van der Waals surface area contributed by atoms with E-state index >= 15 is 0 Å². The van der Waals surface area contributed by atoms with Gasteiger partial charge in [0.2, 0.25) is 0 Å². The van der Waals surface area contributed by atoms with Gasteiger partial charge in [0.1, 0.15) is 0 Å². The molecule has 0 aromatic carbocycles. The van der Waals surface area contributed by atoms with Gasteiger partial charge < -0.3 is 5.41 Å². The molecule has 0 aliphatic rings. The summed E-state index contributed by atoms with van der Waals surface area (Å²) in [6, 6.07) is 0. The zero-order chi connectivity index (χ0) is 11.0. The van der Waals surface area contributed by atoms with Crippen LogP contribution in [0, 0.1) is 16.7 Å². The van der Waals surface area contributed by atoms with E-state index in [-0.39, 0.29) is 0 Å². The third kappa shape index (κ3) is 7.11. The lowest BCUT2D eigenvalue weighted by Crippen LogP contribution is -2.11. The van der Waals surface area contributed by atoms with E-state index in [1.807, 2.05) is 0 Å². The third-order valence-electron chi connectivity index (χ3n) is 3.21. The van der Waals surface area contributed by atoms with Crippen LogP contribution in [0.4, 0.5) is 0 Å². The molecule has 0 saturated carbocycles. The van der Waals surface area contributed by atoms with Crippen LogP contribution >= 0.6 is 0 Å². The summed E-state index contributed by atoms with van der Waals surface area (Å²) in [7, 11) is 0. The van der Waals surface area contributed by atoms with E-state index in [2.05, 4.69) is 27.7 Å². The number of hydrogen-bond acceptors (Lipinski definition) is 1. The van der Waals surface area contributed by atoms with Crippen LogP contribution in [-0.2, 0) is 0 Å². The van der Waals surface area contributed by atoms with Crippen LogP contribution in [0.15, 0.2) is 0 Å². The Morgan fingerprint density at radius 3 is 2.43 bits per heavy atom. The maximum atomic E-state index is 7.03. The van der Waals surface area contributed by atoms with Crippen molar-refractivity contribution in [3.63, 3.8) is 0 Å². The molecule has 84 valence electrons. The average Bonchev–Trinajstić information content (AvgIpc) is 2.14. The molecular formula is C13H27N. The van der Waals surface area contributed by atoms with Crippen molar-refractivity contribution in [3.8, 4) is 0 Å². The summed E-state index contributed by atoms with van der Waals surface area (Å²) < 4.78 is 0. The van der Waals surface area contributed by atoms with Crippen molar-refractivity contribution in [2.24, 2.45) is 11.3 Å². The van der Waals surface area contributed by atoms with E-state index in [4.69, 9.17) is 5.41 Å². The van der Waals surface area contributed by atoms with Crippen molar-refractivity contribution in [1.29, 1.82) is 5.41 Å². The lowest BCUT2D eigenvalue weighted by molar-refractivity contribution is 0.291. The second-order valence-electron chi connectivity index (χ2n) is 5.31. The quantitative estimate of drug-likeness (QED) is 0.547. The minimum absolute atomic E-state index is 0.436. The van der Waals surface area contributed by atoms with Crippen LogP contribution in [-0.4, -0.2) is 6.21 Å². The number of nitrogens with one attached hydrogen (secondary N) is 1. The first kappa shape index (κ1) is 13.7. The van der Waals surface area contributed by atoms with Gasteiger partial charge in [0.15, 0.2) is 0 Å². The standard InChI is InChI=1S/C13H27N/c1-5-12(2)8-6-9-13(3,4)10-7-11-14/h11-12,14H,5-10H2,1-4H3. The minimum atomic E-state index is 0.436. The van der Waals surface area contributed by atoms with Crippen molar-refractivity contribution >= 4 is 6.21 Å². The second kappa shape index (κ2) is 7.03. The van der Waals surface area contributed by atoms with Gasteiger partial charge in [-0.2, -0.15) is 0 Å². The van der Waals surface area contributed by atoms with E-state index in [1.165, 1.54) is 31.9 Å². The molecule has 0 radical (unpaired) electrons. The van der Waals surface area contributed by atoms with Crippen molar-refractivity contribution in [1.82, 2.24) is 0 Å². The molecule has 14 heavy (non-hydrogen) atoms. The van der Waals surface area contributed by atoms with Crippen molar-refractivity contribution < 1.29 is 0 Å². The molecule has 1 atom stereocenters. The highest BCUT2D eigenvalue weighted by Gasteiger charge is 2.16. The second-order valence-corrected chi connectivity index (χ2v) is 5.31. The van der Waals surface area contributed by atoms with E-state index < -0.39 is 0 Å². The predicted octanol–water partition coefficient (Wildman–Crippen LogP) is 4.66. The van der Waals surface area contributed by atoms with Gasteiger partial charge in [-0.1, -0.05) is 47.0 Å². The van der Waals surface area contributed by atoms with E-state index in [1.54, 1.807) is 0 Å². The fraction of sp³-hybridized carbons (Fsp3) is 0.923. The Hall–Kier alpha value is -0.330. The molecule has 0 rings (SSSR count). The molecule has 0 amide bonds. The molecule has 0 saturated heterocycles. The summed E-state index contributed by atoms with van der Waals surface area (Å²) in [5.74, 6) is 0.883. The molecule has 0 aromatic rings. The molecule has 0 heterocycles. The van der Waals surface area contributed by atoms with Gasteiger partial charge in [-0.25, -0.2) is 0 Å². The Morgan fingerprint density at radius 1 is 1.29 bits per heavy atom. The van der Waals surface area contributed by atoms with Gasteiger partial charge in [0.25, 0.3) is 0 Å². The first-order valence-corrected chi connectivity index (χ1v) is 6.00. The largest absolute Gasteiger partial charge is 0.313 e. The summed E-state index contributed by atoms with van der Waals surface area (Å²) in [6.07, 6.45) is 8.97. The first-order valence-electron chi connectivity index (χ1n) is 6.00. The van der Waals surface area contributed by atoms with Crippen LogP contribution in [0.5, 0.6) is 0 Å². The highest BCUT2D eigenvalue weighted by atomic mass is 14.3. The van der Waals surface area contributed by atoms with E-state index in [9.17, 15) is 0 Å². The van der Waals surface area contributed by atoms with Gasteiger partial charge in [-0.3, -0.25) is 0 Å². The molecule has 1 heteroatoms. The zero-order valence-corrected chi connectivity index (χ0v) is 10.4. The Bertz CT molecular complexity index is 149. The van der Waals surface area contributed by atoms with Crippen molar-refractivity contribution in [2.45, 2.75) is 66.2 Å². The molecule has 0 spiro atoms. The van der Waals surface area contributed by atoms with Gasteiger partial charge >= 0.3 is 0 Å². The smallest absolute Gasteiger partial charge is 0.00475 e. The molecule has 0 bridgehead atoms. The number of hydrogen-bond donors (Lipinski definition) is 1. The molecule has 0 aliphatic heterocycles. The third-order valence-corrected chi connectivity index (χ3v) is 3.21. The van der Waals surface area contributed by atoms with Gasteiger partial charge in [-0.15, -0.1) is 0 Å². The molecule has 0 aromatic heterocycles.